The lowest BCUT2D eigenvalue weighted by molar-refractivity contribution is 0.474. The Morgan fingerprint density at radius 1 is 1.05 bits per heavy atom. The third-order valence-corrected chi connectivity index (χ3v) is 4.30. The van der Waals surface area contributed by atoms with Crippen molar-refractivity contribution >= 4 is 15.9 Å². The zero-order valence-corrected chi connectivity index (χ0v) is 13.6. The topological polar surface area (TPSA) is 38.0 Å². The Morgan fingerprint density at radius 2 is 1.68 bits per heavy atom. The molecule has 0 heterocycles. The second kappa shape index (κ2) is 10.4. The average molecular weight is 327 g/mol. The monoisotopic (exact) mass is 326 g/mol. The van der Waals surface area contributed by atoms with Crippen molar-refractivity contribution in [2.75, 3.05) is 0 Å². The first kappa shape index (κ1) is 16.7. The van der Waals surface area contributed by atoms with Gasteiger partial charge in [0, 0.05) is 10.5 Å². The average Bonchev–Trinajstić information content (AvgIpc) is 2.43. The summed E-state index contributed by atoms with van der Waals surface area (Å²) in [7, 11) is 0. The van der Waals surface area contributed by atoms with Crippen LogP contribution in [0.1, 0.15) is 69.9 Å². The van der Waals surface area contributed by atoms with Gasteiger partial charge in [0.05, 0.1) is 0 Å². The molecule has 1 atom stereocenters. The highest BCUT2D eigenvalue weighted by molar-refractivity contribution is 9.10. The van der Waals surface area contributed by atoms with Gasteiger partial charge in [-0.15, -0.1) is 0 Å². The number of nitrogens with one attached hydrogen (secondary N) is 1. The summed E-state index contributed by atoms with van der Waals surface area (Å²) in [5, 5.41) is 0. The van der Waals surface area contributed by atoms with E-state index in [1.165, 1.54) is 50.5 Å². The summed E-state index contributed by atoms with van der Waals surface area (Å²) < 4.78 is 1.14. The van der Waals surface area contributed by atoms with Crippen LogP contribution in [-0.2, 0) is 0 Å². The van der Waals surface area contributed by atoms with Crippen molar-refractivity contribution in [1.29, 1.82) is 0 Å². The van der Waals surface area contributed by atoms with E-state index in [9.17, 15) is 0 Å². The van der Waals surface area contributed by atoms with Gasteiger partial charge in [0.25, 0.3) is 0 Å². The second-order valence-corrected chi connectivity index (χ2v) is 6.01. The predicted octanol–water partition coefficient (Wildman–Crippen LogP) is 5.09. The summed E-state index contributed by atoms with van der Waals surface area (Å²) in [6, 6.07) is 8.57. The zero-order chi connectivity index (χ0) is 13.9. The minimum Gasteiger partial charge on any atom is -0.271 e. The summed E-state index contributed by atoms with van der Waals surface area (Å²) in [5.74, 6) is 5.68. The fourth-order valence-corrected chi connectivity index (χ4v) is 2.95. The predicted molar refractivity (Wildman–Crippen MR) is 86.8 cm³/mol. The van der Waals surface area contributed by atoms with Crippen LogP contribution in [0, 0.1) is 0 Å². The van der Waals surface area contributed by atoms with Crippen molar-refractivity contribution in [2.24, 2.45) is 5.84 Å². The fraction of sp³-hybridized carbons (Fsp3) is 0.625. The van der Waals surface area contributed by atoms with Crippen LogP contribution in [0.15, 0.2) is 28.7 Å². The Bertz CT molecular complexity index is 341. The van der Waals surface area contributed by atoms with Gasteiger partial charge >= 0.3 is 0 Å². The van der Waals surface area contributed by atoms with Crippen LogP contribution in [0.4, 0.5) is 0 Å². The number of hydrogen-bond donors (Lipinski definition) is 2. The molecule has 0 aliphatic heterocycles. The van der Waals surface area contributed by atoms with Crippen molar-refractivity contribution in [3.8, 4) is 0 Å². The molecule has 2 nitrogen and oxygen atoms in total. The van der Waals surface area contributed by atoms with E-state index < -0.39 is 0 Å². The van der Waals surface area contributed by atoms with Crippen LogP contribution in [-0.4, -0.2) is 0 Å². The molecule has 0 saturated heterocycles. The minimum atomic E-state index is 0.256. The van der Waals surface area contributed by atoms with Crippen molar-refractivity contribution < 1.29 is 0 Å². The number of unbranched alkanes of at least 4 members (excludes halogenated alkanes) is 6. The summed E-state index contributed by atoms with van der Waals surface area (Å²) in [6.45, 7) is 2.26. The molecule has 108 valence electrons. The second-order valence-electron chi connectivity index (χ2n) is 5.15. The maximum absolute atomic E-state index is 5.68. The zero-order valence-electron chi connectivity index (χ0n) is 12.0. The molecule has 0 amide bonds. The Balaban J connectivity index is 2.24. The standard InChI is InChI=1S/C16H27BrN2/c1-2-3-4-5-6-7-8-13-16(19-18)14-11-9-10-12-15(14)17/h9-12,16,19H,2-8,13,18H2,1H3. The van der Waals surface area contributed by atoms with E-state index >= 15 is 0 Å². The lowest BCUT2D eigenvalue weighted by Gasteiger charge is -2.17. The van der Waals surface area contributed by atoms with Crippen LogP contribution in [0.3, 0.4) is 0 Å². The fourth-order valence-electron chi connectivity index (χ4n) is 2.39. The molecule has 1 aromatic rings. The van der Waals surface area contributed by atoms with Crippen molar-refractivity contribution in [3.05, 3.63) is 34.3 Å². The van der Waals surface area contributed by atoms with E-state index in [0.717, 1.165) is 10.9 Å². The Hall–Kier alpha value is -0.380. The molecule has 19 heavy (non-hydrogen) atoms. The smallest absolute Gasteiger partial charge is 0.0471 e. The Morgan fingerprint density at radius 3 is 2.32 bits per heavy atom. The first-order valence-electron chi connectivity index (χ1n) is 7.50. The molecule has 0 spiro atoms. The molecule has 1 unspecified atom stereocenters. The number of rotatable bonds is 10. The minimum absolute atomic E-state index is 0.256. The van der Waals surface area contributed by atoms with Crippen LogP contribution >= 0.6 is 15.9 Å². The lowest BCUT2D eigenvalue weighted by Crippen LogP contribution is -2.28. The van der Waals surface area contributed by atoms with E-state index in [-0.39, 0.29) is 6.04 Å². The highest BCUT2D eigenvalue weighted by Crippen LogP contribution is 2.26. The number of benzene rings is 1. The third kappa shape index (κ3) is 6.55. The van der Waals surface area contributed by atoms with Gasteiger partial charge in [0.15, 0.2) is 0 Å². The van der Waals surface area contributed by atoms with Gasteiger partial charge in [0.2, 0.25) is 0 Å². The van der Waals surface area contributed by atoms with Gasteiger partial charge in [-0.1, -0.05) is 86.0 Å². The van der Waals surface area contributed by atoms with Gasteiger partial charge < -0.3 is 0 Å². The summed E-state index contributed by atoms with van der Waals surface area (Å²) >= 11 is 3.59. The molecule has 0 aliphatic rings. The SMILES string of the molecule is CCCCCCCCCC(NN)c1ccccc1Br. The molecule has 0 fully saturated rings. The molecular weight excluding hydrogens is 300 g/mol. The highest BCUT2D eigenvalue weighted by atomic mass is 79.9. The van der Waals surface area contributed by atoms with Crippen molar-refractivity contribution in [3.63, 3.8) is 0 Å². The molecule has 1 aromatic carbocycles. The summed E-state index contributed by atoms with van der Waals surface area (Å²) in [4.78, 5) is 0. The van der Waals surface area contributed by atoms with E-state index in [4.69, 9.17) is 5.84 Å². The van der Waals surface area contributed by atoms with Crippen molar-refractivity contribution in [1.82, 2.24) is 5.43 Å². The molecule has 3 N–H and O–H groups in total. The summed E-state index contributed by atoms with van der Waals surface area (Å²) in [6.07, 6.45) is 10.5. The third-order valence-electron chi connectivity index (χ3n) is 3.58. The molecule has 0 radical (unpaired) electrons. The number of halogens is 1. The van der Waals surface area contributed by atoms with Gasteiger partial charge in [0.1, 0.15) is 0 Å². The van der Waals surface area contributed by atoms with Crippen LogP contribution in [0.25, 0.3) is 0 Å². The molecule has 1 rings (SSSR count). The molecule has 0 bridgehead atoms. The quantitative estimate of drug-likeness (QED) is 0.357. The number of hydrogen-bond acceptors (Lipinski definition) is 2. The molecule has 0 aliphatic carbocycles. The van der Waals surface area contributed by atoms with Gasteiger partial charge in [-0.05, 0) is 18.1 Å². The van der Waals surface area contributed by atoms with E-state index in [1.807, 2.05) is 6.07 Å². The molecule has 3 heteroatoms. The maximum Gasteiger partial charge on any atom is 0.0471 e. The lowest BCUT2D eigenvalue weighted by atomic mass is 10.00. The van der Waals surface area contributed by atoms with Gasteiger partial charge in [-0.2, -0.15) is 0 Å². The Labute approximate surface area is 126 Å². The van der Waals surface area contributed by atoms with Crippen LogP contribution in [0.5, 0.6) is 0 Å². The van der Waals surface area contributed by atoms with Crippen molar-refractivity contribution in [2.45, 2.75) is 64.3 Å². The molecular formula is C16H27BrN2. The normalized spacial score (nSPS) is 12.6. The highest BCUT2D eigenvalue weighted by Gasteiger charge is 2.11. The first-order chi connectivity index (χ1) is 9.29. The number of hydrazine groups is 1. The Kier molecular flexibility index (Phi) is 9.14. The number of nitrogens with two attached hydrogens (primary N) is 1. The van der Waals surface area contributed by atoms with E-state index in [2.05, 4.69) is 46.5 Å². The maximum atomic E-state index is 5.68. The molecule has 0 aromatic heterocycles. The largest absolute Gasteiger partial charge is 0.271 e. The van der Waals surface area contributed by atoms with E-state index in [0.29, 0.717) is 0 Å². The van der Waals surface area contributed by atoms with E-state index in [1.54, 1.807) is 0 Å². The summed E-state index contributed by atoms with van der Waals surface area (Å²) in [5.41, 5.74) is 4.20. The molecule has 0 saturated carbocycles. The van der Waals surface area contributed by atoms with Gasteiger partial charge in [-0.25, -0.2) is 0 Å². The van der Waals surface area contributed by atoms with Crippen LogP contribution < -0.4 is 11.3 Å². The van der Waals surface area contributed by atoms with Gasteiger partial charge in [-0.3, -0.25) is 11.3 Å². The first-order valence-corrected chi connectivity index (χ1v) is 8.29. The van der Waals surface area contributed by atoms with Crippen LogP contribution in [0.2, 0.25) is 0 Å².